The summed E-state index contributed by atoms with van der Waals surface area (Å²) in [7, 11) is 0. The van der Waals surface area contributed by atoms with Crippen LogP contribution in [0.1, 0.15) is 19.8 Å². The highest BCUT2D eigenvalue weighted by Crippen LogP contribution is 2.43. The van der Waals surface area contributed by atoms with E-state index in [4.69, 9.17) is 21.1 Å². The van der Waals surface area contributed by atoms with E-state index in [2.05, 4.69) is 20.4 Å². The number of rotatable bonds is 4. The molecule has 5 aliphatic heterocycles. The van der Waals surface area contributed by atoms with Gasteiger partial charge in [-0.05, 0) is 12.8 Å². The first kappa shape index (κ1) is 18.0. The van der Waals surface area contributed by atoms with Crippen LogP contribution in [0.3, 0.4) is 0 Å². The van der Waals surface area contributed by atoms with Crippen LogP contribution >= 0.6 is 11.6 Å². The van der Waals surface area contributed by atoms with Gasteiger partial charge in [0.2, 0.25) is 5.91 Å². The number of halogens is 1. The molecule has 2 bridgehead atoms. The fourth-order valence-electron chi connectivity index (χ4n) is 5.93. The molecular weight excluding hydrogens is 372 g/mol. The molecule has 0 aromatic heterocycles. The summed E-state index contributed by atoms with van der Waals surface area (Å²) >= 11 is 6.45. The zero-order chi connectivity index (χ0) is 18.7. The molecule has 0 aromatic carbocycles. The predicted octanol–water partition coefficient (Wildman–Crippen LogP) is -0.247. The molecule has 8 nitrogen and oxygen atoms in total. The molecule has 0 radical (unpaired) electrons. The summed E-state index contributed by atoms with van der Waals surface area (Å²) in [5.74, 6) is 0.214. The normalized spacial score (nSPS) is 45.3. The molecule has 5 saturated heterocycles. The Balaban J connectivity index is 1.17. The standard InChI is InChI=1S/C18H27ClN4O4/c1-9(24)21-15-14(8-23-4-2-11(19)17(15)23)27-18(25)20-6-10-13-7-22-5-3-12(26-13)16(10)22/h10-17H,2-8H2,1H3,(H,20,25)(H,21,24). The highest BCUT2D eigenvalue weighted by Gasteiger charge is 2.56. The summed E-state index contributed by atoms with van der Waals surface area (Å²) < 4.78 is 11.8. The lowest BCUT2D eigenvalue weighted by Gasteiger charge is -2.26. The van der Waals surface area contributed by atoms with E-state index < -0.39 is 6.09 Å². The molecule has 8 unspecified atom stereocenters. The van der Waals surface area contributed by atoms with E-state index in [1.165, 1.54) is 6.92 Å². The van der Waals surface area contributed by atoms with E-state index in [0.717, 1.165) is 32.5 Å². The summed E-state index contributed by atoms with van der Waals surface area (Å²) in [5, 5.41) is 5.85. The molecule has 9 heteroatoms. The van der Waals surface area contributed by atoms with Crippen LogP contribution in [-0.4, -0.2) is 96.3 Å². The Hall–Kier alpha value is -1.09. The minimum absolute atomic E-state index is 0.0240. The quantitative estimate of drug-likeness (QED) is 0.636. The topological polar surface area (TPSA) is 83.1 Å². The molecule has 5 rings (SSSR count). The van der Waals surface area contributed by atoms with Crippen LogP contribution in [0.4, 0.5) is 4.79 Å². The van der Waals surface area contributed by atoms with E-state index >= 15 is 0 Å². The maximum absolute atomic E-state index is 12.4. The van der Waals surface area contributed by atoms with E-state index in [-0.39, 0.29) is 35.6 Å². The largest absolute Gasteiger partial charge is 0.443 e. The van der Waals surface area contributed by atoms with Crippen molar-refractivity contribution in [2.45, 2.75) is 61.6 Å². The van der Waals surface area contributed by atoms with Gasteiger partial charge in [0.25, 0.3) is 0 Å². The number of carbonyl (C=O) groups excluding carboxylic acids is 2. The van der Waals surface area contributed by atoms with Crippen LogP contribution in [0.5, 0.6) is 0 Å². The molecule has 27 heavy (non-hydrogen) atoms. The van der Waals surface area contributed by atoms with Crippen molar-refractivity contribution in [3.63, 3.8) is 0 Å². The zero-order valence-corrected chi connectivity index (χ0v) is 16.2. The number of nitrogens with one attached hydrogen (secondary N) is 2. The van der Waals surface area contributed by atoms with E-state index in [1.807, 2.05) is 0 Å². The van der Waals surface area contributed by atoms with Crippen LogP contribution < -0.4 is 10.6 Å². The van der Waals surface area contributed by atoms with Crippen molar-refractivity contribution in [2.75, 3.05) is 32.7 Å². The van der Waals surface area contributed by atoms with Crippen molar-refractivity contribution in [1.29, 1.82) is 0 Å². The number of hydrogen-bond donors (Lipinski definition) is 2. The summed E-state index contributed by atoms with van der Waals surface area (Å²) in [5.41, 5.74) is 0. The highest BCUT2D eigenvalue weighted by atomic mass is 35.5. The number of fused-ring (bicyclic) bond motifs is 2. The molecule has 2 N–H and O–H groups in total. The molecule has 0 aliphatic carbocycles. The molecule has 0 saturated carbocycles. The molecule has 8 atom stereocenters. The van der Waals surface area contributed by atoms with E-state index in [9.17, 15) is 9.59 Å². The second kappa shape index (κ2) is 6.76. The van der Waals surface area contributed by atoms with Gasteiger partial charge in [0.1, 0.15) is 6.10 Å². The Morgan fingerprint density at radius 3 is 2.70 bits per heavy atom. The first-order chi connectivity index (χ1) is 13.0. The van der Waals surface area contributed by atoms with Gasteiger partial charge >= 0.3 is 6.09 Å². The molecule has 150 valence electrons. The minimum atomic E-state index is -0.420. The van der Waals surface area contributed by atoms with Crippen LogP contribution in [0.15, 0.2) is 0 Å². The molecule has 2 amide bonds. The predicted molar refractivity (Wildman–Crippen MR) is 97.6 cm³/mol. The SMILES string of the molecule is CC(=O)NC1C(OC(=O)NCC2C3CN4CCC(O3)C24)CN2CCC(Cl)C12. The zero-order valence-electron chi connectivity index (χ0n) is 15.5. The first-order valence-electron chi connectivity index (χ1n) is 10.0. The monoisotopic (exact) mass is 398 g/mol. The summed E-state index contributed by atoms with van der Waals surface area (Å²) in [6, 6.07) is 0.207. The second-order valence-electron chi connectivity index (χ2n) is 8.49. The summed E-state index contributed by atoms with van der Waals surface area (Å²) in [6.45, 7) is 5.62. The fraction of sp³-hybridized carbons (Fsp3) is 0.889. The van der Waals surface area contributed by atoms with Gasteiger partial charge in [-0.15, -0.1) is 11.6 Å². The summed E-state index contributed by atoms with van der Waals surface area (Å²) in [6.07, 6.45) is 1.75. The third-order valence-corrected chi connectivity index (χ3v) is 7.44. The molecule has 0 spiro atoms. The molecule has 5 fully saturated rings. The van der Waals surface area contributed by atoms with Crippen molar-refractivity contribution in [2.24, 2.45) is 5.92 Å². The lowest BCUT2D eigenvalue weighted by Crippen LogP contribution is -2.51. The second-order valence-corrected chi connectivity index (χ2v) is 9.05. The average molecular weight is 399 g/mol. The smallest absolute Gasteiger partial charge is 0.407 e. The number of morpholine rings is 1. The number of carbonyl (C=O) groups is 2. The van der Waals surface area contributed by atoms with Crippen LogP contribution in [0.2, 0.25) is 0 Å². The number of alkyl halides is 1. The maximum atomic E-state index is 12.4. The minimum Gasteiger partial charge on any atom is -0.443 e. The maximum Gasteiger partial charge on any atom is 0.407 e. The molecule has 5 heterocycles. The number of ether oxygens (including phenoxy) is 2. The van der Waals surface area contributed by atoms with Crippen molar-refractivity contribution in [1.82, 2.24) is 20.4 Å². The van der Waals surface area contributed by atoms with Crippen molar-refractivity contribution >= 4 is 23.6 Å². The Bertz CT molecular complexity index is 622. The number of hydrogen-bond acceptors (Lipinski definition) is 6. The van der Waals surface area contributed by atoms with E-state index in [0.29, 0.717) is 31.2 Å². The number of nitrogens with zero attached hydrogens (tertiary/aromatic N) is 2. The molecule has 0 aromatic rings. The van der Waals surface area contributed by atoms with Gasteiger partial charge < -0.3 is 20.1 Å². The third kappa shape index (κ3) is 3.01. The van der Waals surface area contributed by atoms with Crippen molar-refractivity contribution in [3.05, 3.63) is 0 Å². The Morgan fingerprint density at radius 1 is 1.15 bits per heavy atom. The summed E-state index contributed by atoms with van der Waals surface area (Å²) in [4.78, 5) is 28.8. The first-order valence-corrected chi connectivity index (χ1v) is 10.4. The molecule has 5 aliphatic rings. The van der Waals surface area contributed by atoms with Crippen LogP contribution in [0.25, 0.3) is 0 Å². The van der Waals surface area contributed by atoms with Gasteiger partial charge in [0.05, 0.1) is 29.7 Å². The van der Waals surface area contributed by atoms with Gasteiger partial charge in [0, 0.05) is 51.6 Å². The lowest BCUT2D eigenvalue weighted by molar-refractivity contribution is -0.120. The average Bonchev–Trinajstić information content (AvgIpc) is 3.35. The Labute approximate surface area is 163 Å². The molecular formula is C18H27ClN4O4. The van der Waals surface area contributed by atoms with Crippen molar-refractivity contribution < 1.29 is 19.1 Å². The Morgan fingerprint density at radius 2 is 1.93 bits per heavy atom. The number of alkyl carbamates (subject to hydrolysis) is 1. The fourth-order valence-corrected chi connectivity index (χ4v) is 6.35. The van der Waals surface area contributed by atoms with Gasteiger partial charge in [-0.3, -0.25) is 14.6 Å². The lowest BCUT2D eigenvalue weighted by atomic mass is 9.98. The van der Waals surface area contributed by atoms with Crippen molar-refractivity contribution in [3.8, 4) is 0 Å². The van der Waals surface area contributed by atoms with Crippen LogP contribution in [0, 0.1) is 5.92 Å². The van der Waals surface area contributed by atoms with Gasteiger partial charge in [-0.25, -0.2) is 4.79 Å². The van der Waals surface area contributed by atoms with Gasteiger partial charge in [-0.2, -0.15) is 0 Å². The highest BCUT2D eigenvalue weighted by molar-refractivity contribution is 6.21. The van der Waals surface area contributed by atoms with Gasteiger partial charge in [-0.1, -0.05) is 0 Å². The number of amides is 2. The Kier molecular flexibility index (Phi) is 4.50. The van der Waals surface area contributed by atoms with Crippen LogP contribution in [-0.2, 0) is 14.3 Å². The van der Waals surface area contributed by atoms with E-state index in [1.54, 1.807) is 0 Å². The third-order valence-electron chi connectivity index (χ3n) is 6.96. The van der Waals surface area contributed by atoms with Gasteiger partial charge in [0.15, 0.2) is 0 Å².